The van der Waals surface area contributed by atoms with Crippen molar-refractivity contribution in [3.8, 4) is 6.07 Å². The zero-order valence-corrected chi connectivity index (χ0v) is 11.5. The summed E-state index contributed by atoms with van der Waals surface area (Å²) in [5, 5.41) is 11.9. The Hall–Kier alpha value is -1.82. The second kappa shape index (κ2) is 5.88. The molecule has 0 heterocycles. The summed E-state index contributed by atoms with van der Waals surface area (Å²) in [6, 6.07) is 9.12. The van der Waals surface area contributed by atoms with Gasteiger partial charge in [-0.25, -0.2) is 0 Å². The Morgan fingerprint density at radius 1 is 1.26 bits per heavy atom. The Labute approximate surface area is 114 Å². The smallest absolute Gasteiger partial charge is 0.251 e. The van der Waals surface area contributed by atoms with E-state index in [-0.39, 0.29) is 11.9 Å². The van der Waals surface area contributed by atoms with Gasteiger partial charge in [0.05, 0.1) is 11.6 Å². The van der Waals surface area contributed by atoms with Gasteiger partial charge in [-0.1, -0.05) is 26.7 Å². The Morgan fingerprint density at radius 3 is 2.58 bits per heavy atom. The number of carbonyl (C=O) groups excluding carboxylic acids is 1. The van der Waals surface area contributed by atoms with Crippen LogP contribution in [0, 0.1) is 23.2 Å². The molecule has 2 rings (SSSR count). The van der Waals surface area contributed by atoms with Crippen LogP contribution < -0.4 is 5.32 Å². The number of amides is 1. The van der Waals surface area contributed by atoms with Gasteiger partial charge >= 0.3 is 0 Å². The summed E-state index contributed by atoms with van der Waals surface area (Å²) in [5.41, 5.74) is 1.21. The van der Waals surface area contributed by atoms with Gasteiger partial charge in [-0.3, -0.25) is 4.79 Å². The fourth-order valence-corrected chi connectivity index (χ4v) is 2.73. The van der Waals surface area contributed by atoms with Crippen LogP contribution in [0.3, 0.4) is 0 Å². The van der Waals surface area contributed by atoms with Gasteiger partial charge in [-0.2, -0.15) is 5.26 Å². The van der Waals surface area contributed by atoms with Crippen LogP contribution in [0.5, 0.6) is 0 Å². The van der Waals surface area contributed by atoms with E-state index in [0.29, 0.717) is 23.0 Å². The molecule has 0 unspecified atom stereocenters. The van der Waals surface area contributed by atoms with Gasteiger partial charge in [0.1, 0.15) is 0 Å². The summed E-state index contributed by atoms with van der Waals surface area (Å²) in [7, 11) is 0. The third kappa shape index (κ3) is 3.14. The van der Waals surface area contributed by atoms with E-state index in [1.54, 1.807) is 24.3 Å². The van der Waals surface area contributed by atoms with E-state index in [0.717, 1.165) is 6.42 Å². The summed E-state index contributed by atoms with van der Waals surface area (Å²) in [6.45, 7) is 4.47. The number of nitriles is 1. The molecular formula is C16H20N2O. The number of nitrogens with one attached hydrogen (secondary N) is 1. The van der Waals surface area contributed by atoms with Crippen LogP contribution in [0.15, 0.2) is 24.3 Å². The van der Waals surface area contributed by atoms with Crippen molar-refractivity contribution in [1.82, 2.24) is 5.32 Å². The molecule has 3 atom stereocenters. The van der Waals surface area contributed by atoms with Crippen LogP contribution in [0.4, 0.5) is 0 Å². The highest BCUT2D eigenvalue weighted by Crippen LogP contribution is 2.29. The van der Waals surface area contributed by atoms with E-state index >= 15 is 0 Å². The molecule has 1 N–H and O–H groups in total. The highest BCUT2D eigenvalue weighted by atomic mass is 16.1. The fourth-order valence-electron chi connectivity index (χ4n) is 2.73. The van der Waals surface area contributed by atoms with Crippen molar-refractivity contribution in [1.29, 1.82) is 5.26 Å². The lowest BCUT2D eigenvalue weighted by Crippen LogP contribution is -2.43. The maximum absolute atomic E-state index is 12.2. The van der Waals surface area contributed by atoms with E-state index in [9.17, 15) is 4.79 Å². The summed E-state index contributed by atoms with van der Waals surface area (Å²) >= 11 is 0. The number of benzene rings is 1. The molecule has 1 fully saturated rings. The molecule has 1 aliphatic carbocycles. The number of hydrogen-bond acceptors (Lipinski definition) is 2. The lowest BCUT2D eigenvalue weighted by atomic mass is 9.78. The second-order valence-electron chi connectivity index (χ2n) is 5.54. The van der Waals surface area contributed by atoms with E-state index < -0.39 is 0 Å². The lowest BCUT2D eigenvalue weighted by Gasteiger charge is -2.34. The van der Waals surface area contributed by atoms with Crippen LogP contribution in [0.1, 0.15) is 49.0 Å². The van der Waals surface area contributed by atoms with Gasteiger partial charge in [0.15, 0.2) is 0 Å². The van der Waals surface area contributed by atoms with Crippen LogP contribution in [0.2, 0.25) is 0 Å². The van der Waals surface area contributed by atoms with Gasteiger partial charge in [-0.05, 0) is 42.5 Å². The topological polar surface area (TPSA) is 52.9 Å². The van der Waals surface area contributed by atoms with Gasteiger partial charge < -0.3 is 5.32 Å². The van der Waals surface area contributed by atoms with Gasteiger partial charge in [0.25, 0.3) is 5.91 Å². The number of carbonyl (C=O) groups is 1. The lowest BCUT2D eigenvalue weighted by molar-refractivity contribution is 0.0891. The Balaban J connectivity index is 2.02. The van der Waals surface area contributed by atoms with Crippen molar-refractivity contribution < 1.29 is 4.79 Å². The molecule has 1 aromatic carbocycles. The highest BCUT2D eigenvalue weighted by Gasteiger charge is 2.28. The molecule has 3 heteroatoms. The van der Waals surface area contributed by atoms with Crippen LogP contribution in [-0.4, -0.2) is 11.9 Å². The predicted molar refractivity (Wildman–Crippen MR) is 74.6 cm³/mol. The zero-order chi connectivity index (χ0) is 13.8. The summed E-state index contributed by atoms with van der Waals surface area (Å²) in [6.07, 6.45) is 3.50. The quantitative estimate of drug-likeness (QED) is 0.884. The molecule has 3 nitrogen and oxygen atoms in total. The van der Waals surface area contributed by atoms with Crippen molar-refractivity contribution in [2.24, 2.45) is 11.8 Å². The molecule has 1 amide bonds. The maximum atomic E-state index is 12.2. The molecule has 0 radical (unpaired) electrons. The number of hydrogen-bond donors (Lipinski definition) is 1. The first-order chi connectivity index (χ1) is 9.11. The molecule has 0 aromatic heterocycles. The molecule has 100 valence electrons. The van der Waals surface area contributed by atoms with Crippen molar-refractivity contribution in [2.45, 2.75) is 39.2 Å². The van der Waals surface area contributed by atoms with E-state index in [1.807, 2.05) is 0 Å². The van der Waals surface area contributed by atoms with Crippen molar-refractivity contribution in [3.05, 3.63) is 35.4 Å². The van der Waals surface area contributed by atoms with E-state index in [4.69, 9.17) is 5.26 Å². The minimum absolute atomic E-state index is 0.0320. The standard InChI is InChI=1S/C16H20N2O/c1-11-4-3-5-15(12(11)2)18-16(19)14-8-6-13(10-17)7-9-14/h6-9,11-12,15H,3-5H2,1-2H3,(H,18,19)/t11-,12+,15+/m1/s1. The SMILES string of the molecule is C[C@H]1[C@H](C)CCC[C@@H]1NC(=O)c1ccc(C#N)cc1. The molecule has 0 saturated heterocycles. The van der Waals surface area contributed by atoms with Crippen molar-refractivity contribution in [3.63, 3.8) is 0 Å². The van der Waals surface area contributed by atoms with Crippen LogP contribution in [-0.2, 0) is 0 Å². The largest absolute Gasteiger partial charge is 0.349 e. The molecule has 0 bridgehead atoms. The van der Waals surface area contributed by atoms with E-state index in [1.165, 1.54) is 12.8 Å². The zero-order valence-electron chi connectivity index (χ0n) is 11.5. The van der Waals surface area contributed by atoms with Crippen LogP contribution in [0.25, 0.3) is 0 Å². The molecule has 1 aliphatic rings. The Morgan fingerprint density at radius 2 is 1.95 bits per heavy atom. The average Bonchev–Trinajstić information content (AvgIpc) is 2.44. The van der Waals surface area contributed by atoms with Gasteiger partial charge in [0.2, 0.25) is 0 Å². The monoisotopic (exact) mass is 256 g/mol. The Bertz CT molecular complexity index is 486. The first kappa shape index (κ1) is 13.6. The first-order valence-electron chi connectivity index (χ1n) is 6.93. The molecule has 1 aromatic rings. The fraction of sp³-hybridized carbons (Fsp3) is 0.500. The Kier molecular flexibility index (Phi) is 4.21. The summed E-state index contributed by atoms with van der Waals surface area (Å²) in [4.78, 5) is 12.2. The van der Waals surface area contributed by atoms with Gasteiger partial charge in [0, 0.05) is 11.6 Å². The molecular weight excluding hydrogens is 236 g/mol. The van der Waals surface area contributed by atoms with Crippen molar-refractivity contribution in [2.75, 3.05) is 0 Å². The minimum Gasteiger partial charge on any atom is -0.349 e. The van der Waals surface area contributed by atoms with E-state index in [2.05, 4.69) is 25.2 Å². The first-order valence-corrected chi connectivity index (χ1v) is 6.93. The molecule has 1 saturated carbocycles. The summed E-state index contributed by atoms with van der Waals surface area (Å²) in [5.74, 6) is 1.16. The third-order valence-electron chi connectivity index (χ3n) is 4.30. The predicted octanol–water partition coefficient (Wildman–Crippen LogP) is 3.11. The molecule has 0 aliphatic heterocycles. The van der Waals surface area contributed by atoms with Crippen molar-refractivity contribution >= 4 is 5.91 Å². The number of rotatable bonds is 2. The molecule has 19 heavy (non-hydrogen) atoms. The third-order valence-corrected chi connectivity index (χ3v) is 4.30. The number of nitrogens with zero attached hydrogens (tertiary/aromatic N) is 1. The highest BCUT2D eigenvalue weighted by molar-refractivity contribution is 5.94. The maximum Gasteiger partial charge on any atom is 0.251 e. The molecule has 0 spiro atoms. The summed E-state index contributed by atoms with van der Waals surface area (Å²) < 4.78 is 0. The minimum atomic E-state index is -0.0320. The second-order valence-corrected chi connectivity index (χ2v) is 5.54. The van der Waals surface area contributed by atoms with Gasteiger partial charge in [-0.15, -0.1) is 0 Å². The normalized spacial score (nSPS) is 26.5. The average molecular weight is 256 g/mol. The van der Waals surface area contributed by atoms with Crippen LogP contribution >= 0.6 is 0 Å².